The molecular weight excluding hydrogens is 361 g/mol. The molecule has 0 spiro atoms. The molecule has 2 aromatic rings. The van der Waals surface area contributed by atoms with E-state index in [9.17, 15) is 38.2 Å². The number of hydrogen-bond acceptors (Lipinski definition) is 6. The Morgan fingerprint density at radius 2 is 1.46 bits per heavy atom. The van der Waals surface area contributed by atoms with E-state index < -0.39 is 45.5 Å². The van der Waals surface area contributed by atoms with E-state index in [4.69, 9.17) is 4.74 Å². The van der Waals surface area contributed by atoms with Crippen LogP contribution >= 0.6 is 0 Å². The van der Waals surface area contributed by atoms with Crippen LogP contribution < -0.4 is 0 Å². The summed E-state index contributed by atoms with van der Waals surface area (Å²) >= 11 is 0. The number of non-ortho nitro benzene ring substituents is 2. The molecule has 0 N–H and O–H groups in total. The summed E-state index contributed by atoms with van der Waals surface area (Å²) < 4.78 is 42.3. The molecule has 0 aliphatic rings. The van der Waals surface area contributed by atoms with Crippen molar-refractivity contribution in [3.63, 3.8) is 0 Å². The number of benzene rings is 2. The molecule has 0 fully saturated rings. The quantitative estimate of drug-likeness (QED) is 0.448. The summed E-state index contributed by atoms with van der Waals surface area (Å²) in [6, 6.07) is 5.98. The lowest BCUT2D eigenvalue weighted by atomic mass is 10.1. The lowest BCUT2D eigenvalue weighted by Crippen LogP contribution is -2.08. The highest BCUT2D eigenvalue weighted by molar-refractivity contribution is 5.89. The van der Waals surface area contributed by atoms with Crippen LogP contribution in [0, 0.1) is 20.2 Å². The first kappa shape index (κ1) is 18.8. The summed E-state index contributed by atoms with van der Waals surface area (Å²) in [7, 11) is 0. The predicted octanol–water partition coefficient (Wildman–Crippen LogP) is 3.88. The van der Waals surface area contributed by atoms with Gasteiger partial charge in [-0.1, -0.05) is 0 Å². The number of rotatable bonds is 5. The average molecular weight is 370 g/mol. The lowest BCUT2D eigenvalue weighted by Gasteiger charge is -2.08. The van der Waals surface area contributed by atoms with Gasteiger partial charge in [0.25, 0.3) is 11.4 Å². The molecule has 0 saturated heterocycles. The maximum absolute atomic E-state index is 12.5. The van der Waals surface area contributed by atoms with Crippen LogP contribution in [0.2, 0.25) is 0 Å². The second-order valence-electron chi connectivity index (χ2n) is 5.02. The van der Waals surface area contributed by atoms with Crippen molar-refractivity contribution in [3.05, 3.63) is 79.4 Å². The lowest BCUT2D eigenvalue weighted by molar-refractivity contribution is -0.394. The minimum absolute atomic E-state index is 0.00818. The third-order valence-electron chi connectivity index (χ3n) is 3.20. The third kappa shape index (κ3) is 4.53. The number of alkyl halides is 3. The standard InChI is InChI=1S/C15H9F3N2O6/c16-15(17,18)11-3-1-10(2-4-11)14(21)26-8-9-5-12(19(22)23)7-13(6-9)20(24)25/h1-7H,8H2. The summed E-state index contributed by atoms with van der Waals surface area (Å²) in [5.74, 6) is -0.979. The zero-order chi connectivity index (χ0) is 19.5. The molecule has 0 saturated carbocycles. The van der Waals surface area contributed by atoms with Crippen molar-refractivity contribution in [1.29, 1.82) is 0 Å². The number of nitro groups is 2. The molecule has 0 atom stereocenters. The van der Waals surface area contributed by atoms with E-state index >= 15 is 0 Å². The number of carbonyl (C=O) groups excluding carboxylic acids is 1. The molecule has 0 unspecified atom stereocenters. The monoisotopic (exact) mass is 370 g/mol. The Balaban J connectivity index is 2.14. The summed E-state index contributed by atoms with van der Waals surface area (Å²) in [6.07, 6.45) is -4.55. The topological polar surface area (TPSA) is 113 Å². The van der Waals surface area contributed by atoms with Gasteiger partial charge in [-0.3, -0.25) is 20.2 Å². The molecule has 0 radical (unpaired) electrons. The number of ether oxygens (including phenoxy) is 1. The van der Waals surface area contributed by atoms with Crippen molar-refractivity contribution in [2.75, 3.05) is 0 Å². The Labute approximate surface area is 143 Å². The number of esters is 1. The second kappa shape index (κ2) is 7.17. The fraction of sp³-hybridized carbons (Fsp3) is 0.133. The molecule has 2 aromatic carbocycles. The smallest absolute Gasteiger partial charge is 0.416 e. The van der Waals surface area contributed by atoms with Gasteiger partial charge in [0.2, 0.25) is 0 Å². The average Bonchev–Trinajstić information content (AvgIpc) is 2.58. The minimum atomic E-state index is -4.55. The zero-order valence-corrected chi connectivity index (χ0v) is 12.7. The number of carbonyl (C=O) groups is 1. The molecule has 0 aliphatic carbocycles. The van der Waals surface area contributed by atoms with Gasteiger partial charge in [0.05, 0.1) is 27.0 Å². The zero-order valence-electron chi connectivity index (χ0n) is 12.7. The van der Waals surface area contributed by atoms with Crippen molar-refractivity contribution in [1.82, 2.24) is 0 Å². The van der Waals surface area contributed by atoms with Crippen LogP contribution in [0.4, 0.5) is 24.5 Å². The Morgan fingerprint density at radius 3 is 1.88 bits per heavy atom. The van der Waals surface area contributed by atoms with E-state index in [0.717, 1.165) is 30.3 Å². The second-order valence-corrected chi connectivity index (χ2v) is 5.02. The Morgan fingerprint density at radius 1 is 0.962 bits per heavy atom. The Kier molecular flexibility index (Phi) is 5.19. The minimum Gasteiger partial charge on any atom is -0.457 e. The largest absolute Gasteiger partial charge is 0.457 e. The first-order chi connectivity index (χ1) is 12.1. The van der Waals surface area contributed by atoms with Gasteiger partial charge in [-0.2, -0.15) is 13.2 Å². The molecule has 136 valence electrons. The summed E-state index contributed by atoms with van der Waals surface area (Å²) in [5, 5.41) is 21.6. The molecule has 0 bridgehead atoms. The van der Waals surface area contributed by atoms with E-state index in [-0.39, 0.29) is 11.1 Å². The van der Waals surface area contributed by atoms with Crippen LogP contribution in [0.3, 0.4) is 0 Å². The number of halogens is 3. The molecule has 0 heterocycles. The van der Waals surface area contributed by atoms with Gasteiger partial charge in [-0.25, -0.2) is 4.79 Å². The van der Waals surface area contributed by atoms with Gasteiger partial charge in [0.1, 0.15) is 6.61 Å². The highest BCUT2D eigenvalue weighted by Gasteiger charge is 2.30. The maximum Gasteiger partial charge on any atom is 0.416 e. The van der Waals surface area contributed by atoms with Crippen LogP contribution in [-0.2, 0) is 17.5 Å². The fourth-order valence-corrected chi connectivity index (χ4v) is 1.98. The highest BCUT2D eigenvalue weighted by atomic mass is 19.4. The molecular formula is C15H9F3N2O6. The van der Waals surface area contributed by atoms with Crippen molar-refractivity contribution >= 4 is 17.3 Å². The van der Waals surface area contributed by atoms with E-state index in [0.29, 0.717) is 12.1 Å². The third-order valence-corrected chi connectivity index (χ3v) is 3.20. The van der Waals surface area contributed by atoms with E-state index in [1.807, 2.05) is 0 Å². The Hall–Kier alpha value is -3.50. The van der Waals surface area contributed by atoms with Gasteiger partial charge in [-0.15, -0.1) is 0 Å². The van der Waals surface area contributed by atoms with Gasteiger partial charge in [0, 0.05) is 17.7 Å². The van der Waals surface area contributed by atoms with Gasteiger partial charge < -0.3 is 4.74 Å². The van der Waals surface area contributed by atoms with Crippen molar-refractivity contribution in [2.24, 2.45) is 0 Å². The van der Waals surface area contributed by atoms with Gasteiger partial charge >= 0.3 is 12.1 Å². The summed E-state index contributed by atoms with van der Waals surface area (Å²) in [5.41, 5.74) is -2.23. The first-order valence-electron chi connectivity index (χ1n) is 6.85. The maximum atomic E-state index is 12.5. The highest BCUT2D eigenvalue weighted by Crippen LogP contribution is 2.29. The van der Waals surface area contributed by atoms with Crippen LogP contribution in [-0.4, -0.2) is 15.8 Å². The molecule has 11 heteroatoms. The molecule has 26 heavy (non-hydrogen) atoms. The van der Waals surface area contributed by atoms with E-state index in [1.165, 1.54) is 0 Å². The molecule has 0 amide bonds. The van der Waals surface area contributed by atoms with E-state index in [1.54, 1.807) is 0 Å². The fourth-order valence-electron chi connectivity index (χ4n) is 1.98. The van der Waals surface area contributed by atoms with Crippen LogP contribution in [0.5, 0.6) is 0 Å². The number of nitro benzene ring substituents is 2. The molecule has 2 rings (SSSR count). The number of hydrogen-bond donors (Lipinski definition) is 0. The van der Waals surface area contributed by atoms with Gasteiger partial charge in [0.15, 0.2) is 0 Å². The van der Waals surface area contributed by atoms with E-state index in [2.05, 4.69) is 0 Å². The number of nitrogens with zero attached hydrogens (tertiary/aromatic N) is 2. The predicted molar refractivity (Wildman–Crippen MR) is 80.3 cm³/mol. The normalized spacial score (nSPS) is 11.0. The van der Waals surface area contributed by atoms with Crippen LogP contribution in [0.15, 0.2) is 42.5 Å². The molecule has 0 aromatic heterocycles. The van der Waals surface area contributed by atoms with Gasteiger partial charge in [-0.05, 0) is 24.3 Å². The van der Waals surface area contributed by atoms with Crippen molar-refractivity contribution in [2.45, 2.75) is 12.8 Å². The van der Waals surface area contributed by atoms with Crippen molar-refractivity contribution < 1.29 is 32.5 Å². The Bertz CT molecular complexity index is 832. The summed E-state index contributed by atoms with van der Waals surface area (Å²) in [6.45, 7) is -0.525. The van der Waals surface area contributed by atoms with Crippen LogP contribution in [0.25, 0.3) is 0 Å². The van der Waals surface area contributed by atoms with Crippen LogP contribution in [0.1, 0.15) is 21.5 Å². The van der Waals surface area contributed by atoms with Crippen molar-refractivity contribution in [3.8, 4) is 0 Å². The summed E-state index contributed by atoms with van der Waals surface area (Å²) in [4.78, 5) is 31.7. The first-order valence-corrected chi connectivity index (χ1v) is 6.85. The SMILES string of the molecule is O=C(OCc1cc([N+](=O)[O-])cc([N+](=O)[O-])c1)c1ccc(C(F)(F)F)cc1. The molecule has 8 nitrogen and oxygen atoms in total. The molecule has 0 aliphatic heterocycles.